The number of fused-ring (bicyclic) bond motifs is 1. The molecule has 2 aromatic rings. The molecule has 6 heteroatoms. The first-order valence-electron chi connectivity index (χ1n) is 8.08. The average Bonchev–Trinajstić information content (AvgIpc) is 2.96. The molecule has 23 heavy (non-hydrogen) atoms. The lowest BCUT2D eigenvalue weighted by atomic mass is 10.00. The van der Waals surface area contributed by atoms with Crippen LogP contribution in [0.1, 0.15) is 48.9 Å². The fourth-order valence-corrected chi connectivity index (χ4v) is 3.01. The van der Waals surface area contributed by atoms with E-state index in [1.807, 2.05) is 16.8 Å². The van der Waals surface area contributed by atoms with Crippen LogP contribution in [-0.4, -0.2) is 28.4 Å². The van der Waals surface area contributed by atoms with E-state index in [4.69, 9.17) is 4.74 Å². The third kappa shape index (κ3) is 3.76. The number of hydrogen-bond acceptors (Lipinski definition) is 4. The van der Waals surface area contributed by atoms with Crippen molar-refractivity contribution in [3.05, 3.63) is 47.3 Å². The smallest absolute Gasteiger partial charge is 0.176 e. The maximum Gasteiger partial charge on any atom is 0.176 e. The van der Waals surface area contributed by atoms with Gasteiger partial charge in [0.1, 0.15) is 18.2 Å². The highest BCUT2D eigenvalue weighted by Crippen LogP contribution is 2.24. The monoisotopic (exact) mass is 318 g/mol. The Kier molecular flexibility index (Phi) is 5.03. The summed E-state index contributed by atoms with van der Waals surface area (Å²) < 4.78 is 20.1. The molecule has 1 aliphatic rings. The summed E-state index contributed by atoms with van der Waals surface area (Å²) >= 11 is 0. The summed E-state index contributed by atoms with van der Waals surface area (Å²) in [6.07, 6.45) is 2.15. The van der Waals surface area contributed by atoms with E-state index in [0.717, 1.165) is 43.1 Å². The molecule has 0 amide bonds. The number of nitrogens with one attached hydrogen (secondary N) is 1. The van der Waals surface area contributed by atoms with Crippen molar-refractivity contribution in [3.63, 3.8) is 0 Å². The Hall–Kier alpha value is -1.79. The summed E-state index contributed by atoms with van der Waals surface area (Å²) in [6, 6.07) is 6.94. The standard InChI is InChI=1S/C17H23FN4O/c1-12(13-5-7-14(18)8-6-13)10-19-15-4-3-9-22-17(15)20-16(21-22)11-23-2/h5-8,12,15,19H,3-4,9-11H2,1-2H3. The quantitative estimate of drug-likeness (QED) is 0.890. The molecule has 0 radical (unpaired) electrons. The fraction of sp³-hybridized carbons (Fsp3) is 0.529. The van der Waals surface area contributed by atoms with Crippen LogP contribution in [0.2, 0.25) is 0 Å². The van der Waals surface area contributed by atoms with Gasteiger partial charge in [0, 0.05) is 20.2 Å². The van der Waals surface area contributed by atoms with Crippen molar-refractivity contribution in [1.82, 2.24) is 20.1 Å². The van der Waals surface area contributed by atoms with Gasteiger partial charge in [0.25, 0.3) is 0 Å². The number of aromatic nitrogens is 3. The van der Waals surface area contributed by atoms with Gasteiger partial charge in [-0.1, -0.05) is 19.1 Å². The average molecular weight is 318 g/mol. The first kappa shape index (κ1) is 16.1. The van der Waals surface area contributed by atoms with E-state index < -0.39 is 0 Å². The topological polar surface area (TPSA) is 52.0 Å². The second kappa shape index (κ2) is 7.19. The van der Waals surface area contributed by atoms with Crippen LogP contribution in [0.4, 0.5) is 4.39 Å². The number of hydrogen-bond donors (Lipinski definition) is 1. The van der Waals surface area contributed by atoms with Crippen LogP contribution in [0.5, 0.6) is 0 Å². The van der Waals surface area contributed by atoms with Gasteiger partial charge in [-0.25, -0.2) is 14.1 Å². The van der Waals surface area contributed by atoms with Gasteiger partial charge < -0.3 is 10.1 Å². The van der Waals surface area contributed by atoms with E-state index in [0.29, 0.717) is 12.5 Å². The Balaban J connectivity index is 1.64. The summed E-state index contributed by atoms with van der Waals surface area (Å²) in [4.78, 5) is 4.60. The molecule has 0 saturated heterocycles. The molecular weight excluding hydrogens is 295 g/mol. The Morgan fingerprint density at radius 1 is 1.39 bits per heavy atom. The second-order valence-corrected chi connectivity index (χ2v) is 6.10. The number of benzene rings is 1. The minimum Gasteiger partial charge on any atom is -0.377 e. The van der Waals surface area contributed by atoms with E-state index in [1.165, 1.54) is 12.1 Å². The van der Waals surface area contributed by atoms with Gasteiger partial charge in [-0.05, 0) is 36.5 Å². The maximum atomic E-state index is 13.0. The summed E-state index contributed by atoms with van der Waals surface area (Å²) in [5.74, 6) is 1.85. The van der Waals surface area contributed by atoms with E-state index in [2.05, 4.69) is 22.3 Å². The van der Waals surface area contributed by atoms with Crippen molar-refractivity contribution in [2.75, 3.05) is 13.7 Å². The zero-order chi connectivity index (χ0) is 16.2. The van der Waals surface area contributed by atoms with Crippen LogP contribution in [0.15, 0.2) is 24.3 Å². The van der Waals surface area contributed by atoms with Gasteiger partial charge >= 0.3 is 0 Å². The number of aryl methyl sites for hydroxylation is 1. The molecule has 2 unspecified atom stereocenters. The zero-order valence-electron chi connectivity index (χ0n) is 13.6. The molecule has 0 spiro atoms. The predicted octanol–water partition coefficient (Wildman–Crippen LogP) is 2.79. The molecule has 1 aromatic carbocycles. The van der Waals surface area contributed by atoms with Crippen LogP contribution in [0, 0.1) is 5.82 Å². The van der Waals surface area contributed by atoms with Gasteiger partial charge in [-0.15, -0.1) is 0 Å². The van der Waals surface area contributed by atoms with Crippen LogP contribution < -0.4 is 5.32 Å². The van der Waals surface area contributed by atoms with E-state index in [9.17, 15) is 4.39 Å². The minimum atomic E-state index is -0.194. The summed E-state index contributed by atoms with van der Waals surface area (Å²) in [5, 5.41) is 8.07. The van der Waals surface area contributed by atoms with Crippen molar-refractivity contribution < 1.29 is 9.13 Å². The van der Waals surface area contributed by atoms with Crippen molar-refractivity contribution in [2.24, 2.45) is 0 Å². The van der Waals surface area contributed by atoms with Gasteiger partial charge in [-0.2, -0.15) is 5.10 Å². The lowest BCUT2D eigenvalue weighted by Crippen LogP contribution is -2.31. The molecule has 0 fully saturated rings. The first-order valence-corrected chi connectivity index (χ1v) is 8.08. The van der Waals surface area contributed by atoms with Crippen molar-refractivity contribution in [3.8, 4) is 0 Å². The number of methoxy groups -OCH3 is 1. The van der Waals surface area contributed by atoms with Crippen molar-refractivity contribution >= 4 is 0 Å². The normalized spacial score (nSPS) is 18.7. The van der Waals surface area contributed by atoms with E-state index in [-0.39, 0.29) is 11.9 Å². The SMILES string of the molecule is COCc1nc2n(n1)CCCC2NCC(C)c1ccc(F)cc1. The van der Waals surface area contributed by atoms with Crippen molar-refractivity contribution in [1.29, 1.82) is 0 Å². The van der Waals surface area contributed by atoms with Crippen molar-refractivity contribution in [2.45, 2.75) is 44.9 Å². The van der Waals surface area contributed by atoms with E-state index >= 15 is 0 Å². The molecule has 0 bridgehead atoms. The highest BCUT2D eigenvalue weighted by Gasteiger charge is 2.24. The minimum absolute atomic E-state index is 0.194. The zero-order valence-corrected chi connectivity index (χ0v) is 13.6. The lowest BCUT2D eigenvalue weighted by molar-refractivity contribution is 0.177. The molecule has 1 aliphatic heterocycles. The summed E-state index contributed by atoms with van der Waals surface area (Å²) in [6.45, 7) is 4.32. The molecule has 1 N–H and O–H groups in total. The van der Waals surface area contributed by atoms with E-state index in [1.54, 1.807) is 7.11 Å². The molecule has 0 saturated carbocycles. The molecule has 1 aromatic heterocycles. The summed E-state index contributed by atoms with van der Waals surface area (Å²) in [5.41, 5.74) is 1.14. The largest absolute Gasteiger partial charge is 0.377 e. The van der Waals surface area contributed by atoms with Crippen LogP contribution in [0.3, 0.4) is 0 Å². The van der Waals surface area contributed by atoms with Gasteiger partial charge in [0.05, 0.1) is 6.04 Å². The van der Waals surface area contributed by atoms with Gasteiger partial charge in [0.15, 0.2) is 5.82 Å². The fourth-order valence-electron chi connectivity index (χ4n) is 3.01. The second-order valence-electron chi connectivity index (χ2n) is 6.10. The molecular formula is C17H23FN4O. The Morgan fingerprint density at radius 3 is 2.91 bits per heavy atom. The Morgan fingerprint density at radius 2 is 2.17 bits per heavy atom. The molecule has 2 atom stereocenters. The highest BCUT2D eigenvalue weighted by atomic mass is 19.1. The number of halogens is 1. The first-order chi connectivity index (χ1) is 11.2. The molecule has 3 rings (SSSR count). The third-order valence-corrected chi connectivity index (χ3v) is 4.30. The highest BCUT2D eigenvalue weighted by molar-refractivity contribution is 5.20. The molecule has 0 aliphatic carbocycles. The van der Waals surface area contributed by atoms with Crippen LogP contribution >= 0.6 is 0 Å². The lowest BCUT2D eigenvalue weighted by Gasteiger charge is -2.24. The maximum absolute atomic E-state index is 13.0. The number of rotatable bonds is 6. The van der Waals surface area contributed by atoms with Crippen LogP contribution in [-0.2, 0) is 17.9 Å². The number of ether oxygens (including phenoxy) is 1. The number of nitrogens with zero attached hydrogens (tertiary/aromatic N) is 3. The predicted molar refractivity (Wildman–Crippen MR) is 85.5 cm³/mol. The molecule has 2 heterocycles. The van der Waals surface area contributed by atoms with Crippen LogP contribution in [0.25, 0.3) is 0 Å². The summed E-state index contributed by atoms with van der Waals surface area (Å²) in [7, 11) is 1.65. The molecule has 124 valence electrons. The third-order valence-electron chi connectivity index (χ3n) is 4.30. The Labute approximate surface area is 135 Å². The Bertz CT molecular complexity index is 641. The van der Waals surface area contributed by atoms with Gasteiger partial charge in [0.2, 0.25) is 0 Å². The van der Waals surface area contributed by atoms with Gasteiger partial charge in [-0.3, -0.25) is 0 Å². The molecule has 5 nitrogen and oxygen atoms in total.